The highest BCUT2D eigenvalue weighted by atomic mass is 32.2. The maximum absolute atomic E-state index is 10.5. The first-order chi connectivity index (χ1) is 5.24. The number of carbonyl (C=O) groups is 1. The largest absolute Gasteiger partial charge is 0.480 e. The summed E-state index contributed by atoms with van der Waals surface area (Å²) in [6, 6.07) is -0.374. The Hall–Kier alpha value is -0.480. The summed E-state index contributed by atoms with van der Waals surface area (Å²) in [5.74, 6) is -0.103. The molecule has 0 bridgehead atoms. The van der Waals surface area contributed by atoms with E-state index < -0.39 is 5.97 Å². The van der Waals surface area contributed by atoms with Gasteiger partial charge in [0.2, 0.25) is 0 Å². The van der Waals surface area contributed by atoms with Gasteiger partial charge in [0.1, 0.15) is 6.04 Å². The van der Waals surface area contributed by atoms with Crippen molar-refractivity contribution in [2.24, 2.45) is 0 Å². The Labute approximate surface area is 69.9 Å². The maximum Gasteiger partial charge on any atom is 0.321 e. The first kappa shape index (κ1) is 8.62. The van der Waals surface area contributed by atoms with Crippen LogP contribution in [0, 0.1) is 0 Å². The van der Waals surface area contributed by atoms with Gasteiger partial charge >= 0.3 is 5.97 Å². The number of allylic oxidation sites excluding steroid dienone is 1. The van der Waals surface area contributed by atoms with Gasteiger partial charge in [-0.1, -0.05) is 12.2 Å². The molecule has 1 saturated heterocycles. The van der Waals surface area contributed by atoms with Crippen LogP contribution in [0.5, 0.6) is 0 Å². The van der Waals surface area contributed by atoms with Gasteiger partial charge in [-0.3, -0.25) is 10.1 Å². The van der Waals surface area contributed by atoms with E-state index in [1.165, 1.54) is 0 Å². The highest BCUT2D eigenvalue weighted by molar-refractivity contribution is 8.00. The van der Waals surface area contributed by atoms with Crippen molar-refractivity contribution in [3.05, 3.63) is 12.2 Å². The number of hydrogen-bond donors (Lipinski definition) is 2. The molecule has 1 fully saturated rings. The van der Waals surface area contributed by atoms with Crippen LogP contribution >= 0.6 is 11.8 Å². The third-order valence-electron chi connectivity index (χ3n) is 1.47. The van der Waals surface area contributed by atoms with Crippen molar-refractivity contribution in [3.8, 4) is 0 Å². The van der Waals surface area contributed by atoms with Gasteiger partial charge in [0.05, 0.1) is 5.37 Å². The van der Waals surface area contributed by atoms with E-state index in [0.717, 1.165) is 0 Å². The summed E-state index contributed by atoms with van der Waals surface area (Å²) in [5, 5.41) is 11.7. The third-order valence-corrected chi connectivity index (χ3v) is 2.65. The first-order valence-corrected chi connectivity index (χ1v) is 4.52. The molecule has 62 valence electrons. The van der Waals surface area contributed by atoms with E-state index in [1.54, 1.807) is 11.8 Å². The van der Waals surface area contributed by atoms with Gasteiger partial charge in [-0.25, -0.2) is 0 Å². The SMILES string of the molecule is C/C=C/C1NC(C(=O)O)CS1. The number of nitrogens with one attached hydrogen (secondary N) is 1. The molecule has 0 aliphatic carbocycles. The molecule has 0 spiro atoms. The van der Waals surface area contributed by atoms with Crippen molar-refractivity contribution in [1.82, 2.24) is 5.32 Å². The standard InChI is InChI=1S/C7H11NO2S/c1-2-3-6-8-5(4-11-6)7(9)10/h2-3,5-6,8H,4H2,1H3,(H,9,10)/b3-2+. The molecule has 1 heterocycles. The fraction of sp³-hybridized carbons (Fsp3) is 0.571. The second kappa shape index (κ2) is 3.78. The summed E-state index contributed by atoms with van der Waals surface area (Å²) in [5.41, 5.74) is 0. The zero-order valence-electron chi connectivity index (χ0n) is 6.28. The Kier molecular flexibility index (Phi) is 2.96. The summed E-state index contributed by atoms with van der Waals surface area (Å²) < 4.78 is 0. The summed E-state index contributed by atoms with van der Waals surface area (Å²) in [4.78, 5) is 10.5. The Balaban J connectivity index is 2.40. The van der Waals surface area contributed by atoms with Crippen molar-refractivity contribution in [1.29, 1.82) is 0 Å². The average Bonchev–Trinajstić information content (AvgIpc) is 2.37. The van der Waals surface area contributed by atoms with E-state index in [1.807, 2.05) is 19.1 Å². The van der Waals surface area contributed by atoms with E-state index in [4.69, 9.17) is 5.11 Å². The molecule has 0 aromatic heterocycles. The number of hydrogen-bond acceptors (Lipinski definition) is 3. The number of carboxylic acids is 1. The Morgan fingerprint density at radius 3 is 3.00 bits per heavy atom. The van der Waals surface area contributed by atoms with Gasteiger partial charge < -0.3 is 5.11 Å². The first-order valence-electron chi connectivity index (χ1n) is 3.47. The van der Waals surface area contributed by atoms with E-state index in [-0.39, 0.29) is 11.4 Å². The quantitative estimate of drug-likeness (QED) is 0.603. The zero-order valence-corrected chi connectivity index (χ0v) is 7.10. The minimum Gasteiger partial charge on any atom is -0.480 e. The normalized spacial score (nSPS) is 31.4. The topological polar surface area (TPSA) is 49.3 Å². The lowest BCUT2D eigenvalue weighted by Crippen LogP contribution is -2.35. The lowest BCUT2D eigenvalue weighted by molar-refractivity contribution is -0.138. The van der Waals surface area contributed by atoms with Crippen LogP contribution in [-0.4, -0.2) is 28.2 Å². The molecule has 2 atom stereocenters. The second-order valence-electron chi connectivity index (χ2n) is 2.34. The molecule has 11 heavy (non-hydrogen) atoms. The van der Waals surface area contributed by atoms with E-state index in [0.29, 0.717) is 5.75 Å². The van der Waals surface area contributed by atoms with E-state index in [9.17, 15) is 4.79 Å². The Morgan fingerprint density at radius 2 is 2.55 bits per heavy atom. The van der Waals surface area contributed by atoms with Crippen LogP contribution in [-0.2, 0) is 4.79 Å². The van der Waals surface area contributed by atoms with Gasteiger partial charge in [-0.05, 0) is 6.92 Å². The van der Waals surface area contributed by atoms with Crippen LogP contribution in [0.1, 0.15) is 6.92 Å². The molecule has 2 N–H and O–H groups in total. The molecule has 1 aliphatic heterocycles. The fourth-order valence-electron chi connectivity index (χ4n) is 0.923. The molecular weight excluding hydrogens is 162 g/mol. The second-order valence-corrected chi connectivity index (χ2v) is 3.51. The summed E-state index contributed by atoms with van der Waals surface area (Å²) >= 11 is 1.62. The van der Waals surface area contributed by atoms with Gasteiger partial charge in [0.25, 0.3) is 0 Å². The maximum atomic E-state index is 10.5. The summed E-state index contributed by atoms with van der Waals surface area (Å²) in [6.07, 6.45) is 3.89. The minimum absolute atomic E-state index is 0.182. The lowest BCUT2D eigenvalue weighted by Gasteiger charge is -2.04. The Bertz CT molecular complexity index is 181. The zero-order chi connectivity index (χ0) is 8.27. The predicted molar refractivity (Wildman–Crippen MR) is 45.6 cm³/mol. The van der Waals surface area contributed by atoms with Crippen LogP contribution < -0.4 is 5.32 Å². The molecule has 2 unspecified atom stereocenters. The van der Waals surface area contributed by atoms with Gasteiger partial charge in [0, 0.05) is 5.75 Å². The van der Waals surface area contributed by atoms with Gasteiger partial charge in [-0.2, -0.15) is 0 Å². The molecule has 0 amide bonds. The molecule has 1 rings (SSSR count). The van der Waals surface area contributed by atoms with E-state index in [2.05, 4.69) is 5.32 Å². The average molecular weight is 173 g/mol. The third kappa shape index (κ3) is 2.24. The van der Waals surface area contributed by atoms with Crippen molar-refractivity contribution in [3.63, 3.8) is 0 Å². The van der Waals surface area contributed by atoms with Crippen molar-refractivity contribution >= 4 is 17.7 Å². The van der Waals surface area contributed by atoms with Crippen LogP contribution in [0.15, 0.2) is 12.2 Å². The molecule has 0 aromatic rings. The minimum atomic E-state index is -0.760. The predicted octanol–water partition coefficient (Wildman–Crippen LogP) is 0.678. The molecule has 3 nitrogen and oxygen atoms in total. The molecule has 4 heteroatoms. The van der Waals surface area contributed by atoms with Crippen molar-refractivity contribution < 1.29 is 9.90 Å². The number of aliphatic carboxylic acids is 1. The van der Waals surface area contributed by atoms with Crippen LogP contribution in [0.4, 0.5) is 0 Å². The molecule has 0 saturated carbocycles. The number of rotatable bonds is 2. The van der Waals surface area contributed by atoms with Crippen LogP contribution in [0.3, 0.4) is 0 Å². The molecule has 0 radical (unpaired) electrons. The molecular formula is C7H11NO2S. The van der Waals surface area contributed by atoms with Crippen LogP contribution in [0.2, 0.25) is 0 Å². The number of thioether (sulfide) groups is 1. The van der Waals surface area contributed by atoms with Crippen molar-refractivity contribution in [2.75, 3.05) is 5.75 Å². The van der Waals surface area contributed by atoms with Gasteiger partial charge in [0.15, 0.2) is 0 Å². The van der Waals surface area contributed by atoms with Crippen molar-refractivity contribution in [2.45, 2.75) is 18.3 Å². The smallest absolute Gasteiger partial charge is 0.321 e. The Morgan fingerprint density at radius 1 is 1.82 bits per heavy atom. The fourth-order valence-corrected chi connectivity index (χ4v) is 2.09. The highest BCUT2D eigenvalue weighted by Gasteiger charge is 2.27. The van der Waals surface area contributed by atoms with Crippen LogP contribution in [0.25, 0.3) is 0 Å². The molecule has 0 aromatic carbocycles. The van der Waals surface area contributed by atoms with E-state index >= 15 is 0 Å². The summed E-state index contributed by atoms with van der Waals surface area (Å²) in [7, 11) is 0. The lowest BCUT2D eigenvalue weighted by atomic mass is 10.3. The van der Waals surface area contributed by atoms with Gasteiger partial charge in [-0.15, -0.1) is 11.8 Å². The summed E-state index contributed by atoms with van der Waals surface area (Å²) in [6.45, 7) is 1.93. The molecule has 1 aliphatic rings. The highest BCUT2D eigenvalue weighted by Crippen LogP contribution is 2.19. The monoisotopic (exact) mass is 173 g/mol. The number of carboxylic acid groups (broad SMARTS) is 1.